The van der Waals surface area contributed by atoms with Gasteiger partial charge in [-0.2, -0.15) is 0 Å². The van der Waals surface area contributed by atoms with E-state index in [0.29, 0.717) is 5.41 Å². The van der Waals surface area contributed by atoms with Crippen LogP contribution in [0, 0.1) is 11.3 Å². The molecule has 1 N–H and O–H groups in total. The van der Waals surface area contributed by atoms with Gasteiger partial charge in [0.15, 0.2) is 0 Å². The third kappa shape index (κ3) is 4.43. The fourth-order valence-electron chi connectivity index (χ4n) is 4.66. The second-order valence-electron chi connectivity index (χ2n) is 7.99. The van der Waals surface area contributed by atoms with Gasteiger partial charge in [0.25, 0.3) is 0 Å². The topological polar surface area (TPSA) is 18.5 Å². The van der Waals surface area contributed by atoms with Gasteiger partial charge in [0.1, 0.15) is 0 Å². The highest BCUT2D eigenvalue weighted by atomic mass is 15.2. The molecule has 0 aromatic rings. The van der Waals surface area contributed by atoms with Crippen LogP contribution >= 0.6 is 0 Å². The average molecular weight is 296 g/mol. The van der Waals surface area contributed by atoms with Gasteiger partial charge >= 0.3 is 0 Å². The van der Waals surface area contributed by atoms with Crippen LogP contribution in [0.3, 0.4) is 0 Å². The summed E-state index contributed by atoms with van der Waals surface area (Å²) in [4.78, 5) is 5.37. The summed E-state index contributed by atoms with van der Waals surface area (Å²) >= 11 is 0. The van der Waals surface area contributed by atoms with E-state index >= 15 is 0 Å². The summed E-state index contributed by atoms with van der Waals surface area (Å²) in [6.45, 7) is 15.8. The molecular weight excluding hydrogens is 258 g/mol. The lowest BCUT2D eigenvalue weighted by molar-refractivity contribution is 0.107. The SMILES string of the molecule is CCN(CC)C1CCN(CC2CC(C)(C)CCC2NC)C1. The molecule has 1 saturated heterocycles. The first-order valence-electron chi connectivity index (χ1n) is 9.12. The Balaban J connectivity index is 1.88. The Labute approximate surface area is 132 Å². The van der Waals surface area contributed by atoms with Crippen LogP contribution < -0.4 is 5.32 Å². The second-order valence-corrected chi connectivity index (χ2v) is 7.99. The van der Waals surface area contributed by atoms with Gasteiger partial charge in [-0.3, -0.25) is 4.90 Å². The van der Waals surface area contributed by atoms with Crippen molar-refractivity contribution in [3.05, 3.63) is 0 Å². The van der Waals surface area contributed by atoms with Crippen LogP contribution in [0.1, 0.15) is 53.4 Å². The molecule has 0 bridgehead atoms. The molecule has 0 spiro atoms. The minimum Gasteiger partial charge on any atom is -0.317 e. The zero-order valence-electron chi connectivity index (χ0n) is 15.0. The minimum absolute atomic E-state index is 0.538. The van der Waals surface area contributed by atoms with Crippen LogP contribution in [-0.4, -0.2) is 61.7 Å². The number of hydrogen-bond acceptors (Lipinski definition) is 3. The van der Waals surface area contributed by atoms with Crippen molar-refractivity contribution < 1.29 is 0 Å². The molecule has 0 aromatic carbocycles. The average Bonchev–Trinajstić information content (AvgIpc) is 2.88. The molecule has 1 heterocycles. The fraction of sp³-hybridized carbons (Fsp3) is 1.00. The summed E-state index contributed by atoms with van der Waals surface area (Å²) < 4.78 is 0. The van der Waals surface area contributed by atoms with Crippen LogP contribution in [0.15, 0.2) is 0 Å². The van der Waals surface area contributed by atoms with E-state index in [1.54, 1.807) is 0 Å². The first-order valence-corrected chi connectivity index (χ1v) is 9.12. The maximum Gasteiger partial charge on any atom is 0.0235 e. The van der Waals surface area contributed by atoms with Crippen molar-refractivity contribution in [1.82, 2.24) is 15.1 Å². The van der Waals surface area contributed by atoms with Crippen LogP contribution in [-0.2, 0) is 0 Å². The van der Waals surface area contributed by atoms with Crippen LogP contribution in [0.25, 0.3) is 0 Å². The standard InChI is InChI=1S/C18H37N3/c1-6-21(7-2)16-9-11-20(14-16)13-15-12-18(3,4)10-8-17(15)19-5/h15-17,19H,6-14H2,1-5H3. The highest BCUT2D eigenvalue weighted by molar-refractivity contribution is 4.92. The van der Waals surface area contributed by atoms with Gasteiger partial charge in [-0.05, 0) is 63.7 Å². The van der Waals surface area contributed by atoms with E-state index in [0.717, 1.165) is 18.0 Å². The van der Waals surface area contributed by atoms with Gasteiger partial charge in [0.05, 0.1) is 0 Å². The van der Waals surface area contributed by atoms with Crippen molar-refractivity contribution in [3.63, 3.8) is 0 Å². The van der Waals surface area contributed by atoms with Crippen molar-refractivity contribution in [3.8, 4) is 0 Å². The lowest BCUT2D eigenvalue weighted by atomic mass is 9.70. The number of rotatable bonds is 6. The molecule has 0 amide bonds. The van der Waals surface area contributed by atoms with Crippen molar-refractivity contribution in [2.75, 3.05) is 39.8 Å². The van der Waals surface area contributed by atoms with Gasteiger partial charge in [0.2, 0.25) is 0 Å². The summed E-state index contributed by atoms with van der Waals surface area (Å²) in [6.07, 6.45) is 5.46. The monoisotopic (exact) mass is 295 g/mol. The Kier molecular flexibility index (Phi) is 6.10. The third-order valence-corrected chi connectivity index (χ3v) is 5.96. The van der Waals surface area contributed by atoms with Crippen molar-refractivity contribution >= 4 is 0 Å². The maximum absolute atomic E-state index is 3.58. The van der Waals surface area contributed by atoms with Gasteiger partial charge in [0, 0.05) is 25.2 Å². The summed E-state index contributed by atoms with van der Waals surface area (Å²) in [5, 5.41) is 3.58. The van der Waals surface area contributed by atoms with Crippen molar-refractivity contribution in [2.24, 2.45) is 11.3 Å². The third-order valence-electron chi connectivity index (χ3n) is 5.96. The molecule has 3 atom stereocenters. The summed E-state index contributed by atoms with van der Waals surface area (Å²) in [5.41, 5.74) is 0.538. The van der Waals surface area contributed by atoms with Gasteiger partial charge in [-0.15, -0.1) is 0 Å². The lowest BCUT2D eigenvalue weighted by Crippen LogP contribution is -2.46. The maximum atomic E-state index is 3.58. The number of hydrogen-bond donors (Lipinski definition) is 1. The predicted octanol–water partition coefficient (Wildman–Crippen LogP) is 2.82. The van der Waals surface area contributed by atoms with Gasteiger partial charge in [-0.25, -0.2) is 0 Å². The van der Waals surface area contributed by atoms with E-state index in [1.165, 1.54) is 58.4 Å². The molecule has 3 nitrogen and oxygen atoms in total. The van der Waals surface area contributed by atoms with Crippen LogP contribution in [0.2, 0.25) is 0 Å². The fourth-order valence-corrected chi connectivity index (χ4v) is 4.66. The van der Waals surface area contributed by atoms with E-state index in [2.05, 4.69) is 49.9 Å². The summed E-state index contributed by atoms with van der Waals surface area (Å²) in [6, 6.07) is 1.52. The van der Waals surface area contributed by atoms with Crippen LogP contribution in [0.4, 0.5) is 0 Å². The highest BCUT2D eigenvalue weighted by Gasteiger charge is 2.36. The Morgan fingerprint density at radius 2 is 1.90 bits per heavy atom. The molecule has 0 radical (unpaired) electrons. The van der Waals surface area contributed by atoms with Gasteiger partial charge in [-0.1, -0.05) is 27.7 Å². The van der Waals surface area contributed by atoms with Crippen molar-refractivity contribution in [1.29, 1.82) is 0 Å². The lowest BCUT2D eigenvalue weighted by Gasteiger charge is -2.42. The summed E-state index contributed by atoms with van der Waals surface area (Å²) in [5.74, 6) is 0.828. The Hall–Kier alpha value is -0.120. The van der Waals surface area contributed by atoms with E-state index in [4.69, 9.17) is 0 Å². The quantitative estimate of drug-likeness (QED) is 0.813. The number of nitrogens with one attached hydrogen (secondary N) is 1. The molecule has 0 aromatic heterocycles. The molecule has 1 saturated carbocycles. The van der Waals surface area contributed by atoms with E-state index in [-0.39, 0.29) is 0 Å². The molecule has 2 rings (SSSR count). The van der Waals surface area contributed by atoms with E-state index in [9.17, 15) is 0 Å². The molecule has 1 aliphatic heterocycles. The van der Waals surface area contributed by atoms with E-state index in [1.807, 2.05) is 0 Å². The predicted molar refractivity (Wildman–Crippen MR) is 91.7 cm³/mol. The molecule has 21 heavy (non-hydrogen) atoms. The van der Waals surface area contributed by atoms with Crippen molar-refractivity contribution in [2.45, 2.75) is 65.5 Å². The summed E-state index contributed by atoms with van der Waals surface area (Å²) in [7, 11) is 2.15. The molecule has 2 fully saturated rings. The number of likely N-dealkylation sites (tertiary alicyclic amines) is 1. The zero-order chi connectivity index (χ0) is 15.5. The first-order chi connectivity index (χ1) is 9.99. The zero-order valence-corrected chi connectivity index (χ0v) is 15.0. The first kappa shape index (κ1) is 17.2. The Morgan fingerprint density at radius 3 is 2.52 bits per heavy atom. The number of nitrogens with zero attached hydrogens (tertiary/aromatic N) is 2. The number of likely N-dealkylation sites (N-methyl/N-ethyl adjacent to an activating group) is 1. The molecule has 3 heteroatoms. The molecule has 1 aliphatic carbocycles. The van der Waals surface area contributed by atoms with Gasteiger partial charge < -0.3 is 10.2 Å². The van der Waals surface area contributed by atoms with E-state index < -0.39 is 0 Å². The second kappa shape index (κ2) is 7.43. The molecule has 3 unspecified atom stereocenters. The smallest absolute Gasteiger partial charge is 0.0235 e. The highest BCUT2D eigenvalue weighted by Crippen LogP contribution is 2.39. The molecular formula is C18H37N3. The Morgan fingerprint density at radius 1 is 1.19 bits per heavy atom. The normalized spacial score (nSPS) is 33.7. The molecule has 2 aliphatic rings. The Bertz CT molecular complexity index is 312. The largest absolute Gasteiger partial charge is 0.317 e. The minimum atomic E-state index is 0.538. The molecule has 124 valence electrons. The van der Waals surface area contributed by atoms with Crippen LogP contribution in [0.5, 0.6) is 0 Å².